The van der Waals surface area contributed by atoms with Gasteiger partial charge in [-0.15, -0.1) is 11.3 Å². The van der Waals surface area contributed by atoms with Crippen LogP contribution in [0.2, 0.25) is 0 Å². The molecule has 2 N–H and O–H groups in total. The second kappa shape index (κ2) is 6.87. The minimum atomic E-state index is -0.447. The average molecular weight is 312 g/mol. The molecule has 5 nitrogen and oxygen atoms in total. The third kappa shape index (κ3) is 3.71. The normalized spacial score (nSPS) is 10.9. The Labute approximate surface area is 133 Å². The van der Waals surface area contributed by atoms with E-state index in [1.165, 1.54) is 17.5 Å². The van der Waals surface area contributed by atoms with Gasteiger partial charge in [0.2, 0.25) is 0 Å². The van der Waals surface area contributed by atoms with Gasteiger partial charge in [0.25, 0.3) is 5.91 Å². The fraction of sp³-hybridized carbons (Fsp3) is 0.188. The van der Waals surface area contributed by atoms with Crippen molar-refractivity contribution in [3.05, 3.63) is 52.2 Å². The van der Waals surface area contributed by atoms with Crippen LogP contribution in [0.4, 0.5) is 10.8 Å². The zero-order valence-corrected chi connectivity index (χ0v) is 13.4. The van der Waals surface area contributed by atoms with E-state index >= 15 is 0 Å². The lowest BCUT2D eigenvalue weighted by Gasteiger charge is -2.09. The van der Waals surface area contributed by atoms with Crippen LogP contribution in [0.3, 0.4) is 0 Å². The quantitative estimate of drug-likeness (QED) is 0.669. The van der Waals surface area contributed by atoms with E-state index in [1.807, 2.05) is 50.4 Å². The SMILES string of the molecule is Cc1csc(N/C=C(/C#N)C(=O)Nc2cccc(C)c2C)n1. The summed E-state index contributed by atoms with van der Waals surface area (Å²) in [7, 11) is 0. The van der Waals surface area contributed by atoms with Crippen LogP contribution in [0.1, 0.15) is 16.8 Å². The summed E-state index contributed by atoms with van der Waals surface area (Å²) in [5.74, 6) is -0.447. The molecule has 0 aliphatic rings. The Morgan fingerprint density at radius 1 is 1.36 bits per heavy atom. The maximum atomic E-state index is 12.2. The van der Waals surface area contributed by atoms with E-state index in [0.717, 1.165) is 16.8 Å². The second-order valence-electron chi connectivity index (χ2n) is 4.81. The van der Waals surface area contributed by atoms with Crippen molar-refractivity contribution in [3.8, 4) is 6.07 Å². The summed E-state index contributed by atoms with van der Waals surface area (Å²) in [4.78, 5) is 16.4. The zero-order valence-electron chi connectivity index (χ0n) is 12.6. The largest absolute Gasteiger partial charge is 0.337 e. The number of aromatic nitrogens is 1. The van der Waals surface area contributed by atoms with Crippen LogP contribution in [-0.2, 0) is 4.79 Å². The third-order valence-electron chi connectivity index (χ3n) is 3.18. The Hall–Kier alpha value is -2.65. The summed E-state index contributed by atoms with van der Waals surface area (Å²) in [6, 6.07) is 7.54. The van der Waals surface area contributed by atoms with Gasteiger partial charge in [-0.2, -0.15) is 5.26 Å². The molecule has 1 amide bonds. The van der Waals surface area contributed by atoms with E-state index in [0.29, 0.717) is 10.8 Å². The first-order valence-electron chi connectivity index (χ1n) is 6.67. The first kappa shape index (κ1) is 15.7. The third-order valence-corrected chi connectivity index (χ3v) is 4.07. The highest BCUT2D eigenvalue weighted by Gasteiger charge is 2.11. The number of nitrogens with zero attached hydrogens (tertiary/aromatic N) is 2. The lowest BCUT2D eigenvalue weighted by atomic mass is 10.1. The molecular weight excluding hydrogens is 296 g/mol. The molecule has 2 rings (SSSR count). The lowest BCUT2D eigenvalue weighted by molar-refractivity contribution is -0.112. The molecular formula is C16H16N4OS. The number of thiazole rings is 1. The standard InChI is InChI=1S/C16H16N4OS/c1-10-5-4-6-14(12(10)3)20-15(21)13(7-17)8-18-16-19-11(2)9-22-16/h4-6,8-9H,1-3H3,(H,18,19)(H,20,21)/b13-8-. The predicted molar refractivity (Wildman–Crippen MR) is 88.7 cm³/mol. The monoisotopic (exact) mass is 312 g/mol. The van der Waals surface area contributed by atoms with Gasteiger partial charge < -0.3 is 10.6 Å². The van der Waals surface area contributed by atoms with Gasteiger partial charge in [-0.05, 0) is 38.0 Å². The van der Waals surface area contributed by atoms with Crippen LogP contribution in [0, 0.1) is 32.1 Å². The number of rotatable bonds is 4. The first-order valence-corrected chi connectivity index (χ1v) is 7.55. The van der Waals surface area contributed by atoms with Gasteiger partial charge in [0.1, 0.15) is 11.6 Å². The van der Waals surface area contributed by atoms with Crippen molar-refractivity contribution < 1.29 is 4.79 Å². The number of anilines is 2. The van der Waals surface area contributed by atoms with Crippen LogP contribution in [0.5, 0.6) is 0 Å². The summed E-state index contributed by atoms with van der Waals surface area (Å²) in [5.41, 5.74) is 3.65. The maximum absolute atomic E-state index is 12.2. The van der Waals surface area contributed by atoms with Gasteiger partial charge in [-0.3, -0.25) is 4.79 Å². The van der Waals surface area contributed by atoms with Crippen molar-refractivity contribution in [1.82, 2.24) is 4.98 Å². The minimum Gasteiger partial charge on any atom is -0.337 e. The van der Waals surface area contributed by atoms with Gasteiger partial charge in [0, 0.05) is 17.3 Å². The topological polar surface area (TPSA) is 77.8 Å². The Balaban J connectivity index is 2.12. The maximum Gasteiger partial charge on any atom is 0.267 e. The molecule has 0 radical (unpaired) electrons. The van der Waals surface area contributed by atoms with Gasteiger partial charge >= 0.3 is 0 Å². The van der Waals surface area contributed by atoms with E-state index in [2.05, 4.69) is 15.6 Å². The van der Waals surface area contributed by atoms with Crippen LogP contribution < -0.4 is 10.6 Å². The number of aryl methyl sites for hydroxylation is 2. The Morgan fingerprint density at radius 3 is 2.77 bits per heavy atom. The fourth-order valence-electron chi connectivity index (χ4n) is 1.78. The molecule has 112 valence electrons. The van der Waals surface area contributed by atoms with Crippen molar-refractivity contribution in [2.75, 3.05) is 10.6 Å². The van der Waals surface area contributed by atoms with Crippen molar-refractivity contribution in [1.29, 1.82) is 5.26 Å². The van der Waals surface area contributed by atoms with E-state index in [-0.39, 0.29) is 5.57 Å². The van der Waals surface area contributed by atoms with E-state index < -0.39 is 5.91 Å². The minimum absolute atomic E-state index is 0.00578. The predicted octanol–water partition coefficient (Wildman–Crippen LogP) is 3.53. The highest BCUT2D eigenvalue weighted by Crippen LogP contribution is 2.19. The van der Waals surface area contributed by atoms with E-state index in [9.17, 15) is 4.79 Å². The smallest absolute Gasteiger partial charge is 0.267 e. The molecule has 0 atom stereocenters. The molecule has 0 spiro atoms. The van der Waals surface area contributed by atoms with Crippen LogP contribution >= 0.6 is 11.3 Å². The van der Waals surface area contributed by atoms with Crippen molar-refractivity contribution in [3.63, 3.8) is 0 Å². The molecule has 22 heavy (non-hydrogen) atoms. The molecule has 1 aromatic heterocycles. The van der Waals surface area contributed by atoms with E-state index in [4.69, 9.17) is 5.26 Å². The molecule has 0 aliphatic heterocycles. The molecule has 0 saturated heterocycles. The lowest BCUT2D eigenvalue weighted by Crippen LogP contribution is -2.15. The molecule has 0 aliphatic carbocycles. The number of nitrogens with one attached hydrogen (secondary N) is 2. The number of hydrogen-bond donors (Lipinski definition) is 2. The van der Waals surface area contributed by atoms with Crippen molar-refractivity contribution in [2.45, 2.75) is 20.8 Å². The molecule has 1 heterocycles. The molecule has 1 aromatic carbocycles. The summed E-state index contributed by atoms with van der Waals surface area (Å²) in [6.07, 6.45) is 1.37. The van der Waals surface area contributed by atoms with Crippen LogP contribution in [-0.4, -0.2) is 10.9 Å². The molecule has 0 bridgehead atoms. The van der Waals surface area contributed by atoms with Crippen molar-refractivity contribution >= 4 is 28.1 Å². The highest BCUT2D eigenvalue weighted by atomic mass is 32.1. The zero-order chi connectivity index (χ0) is 16.1. The first-order chi connectivity index (χ1) is 10.5. The van der Waals surface area contributed by atoms with Crippen LogP contribution in [0.15, 0.2) is 35.4 Å². The number of amides is 1. The number of carbonyl (C=O) groups is 1. The highest BCUT2D eigenvalue weighted by molar-refractivity contribution is 7.13. The Kier molecular flexibility index (Phi) is 4.92. The van der Waals surface area contributed by atoms with Gasteiger partial charge in [0.15, 0.2) is 5.13 Å². The Bertz CT molecular complexity index is 771. The molecule has 0 fully saturated rings. The number of nitriles is 1. The van der Waals surface area contributed by atoms with Gasteiger partial charge in [-0.25, -0.2) is 4.98 Å². The Morgan fingerprint density at radius 2 is 2.14 bits per heavy atom. The molecule has 0 unspecified atom stereocenters. The number of hydrogen-bond acceptors (Lipinski definition) is 5. The average Bonchev–Trinajstić information content (AvgIpc) is 2.90. The van der Waals surface area contributed by atoms with Crippen LogP contribution in [0.25, 0.3) is 0 Å². The van der Waals surface area contributed by atoms with Crippen molar-refractivity contribution in [2.24, 2.45) is 0 Å². The second-order valence-corrected chi connectivity index (χ2v) is 5.67. The number of benzene rings is 1. The van der Waals surface area contributed by atoms with Gasteiger partial charge in [0.05, 0.1) is 5.69 Å². The fourth-order valence-corrected chi connectivity index (χ4v) is 2.44. The summed E-state index contributed by atoms with van der Waals surface area (Å²) in [5, 5.41) is 17.3. The summed E-state index contributed by atoms with van der Waals surface area (Å²) in [6.45, 7) is 5.78. The number of carbonyl (C=O) groups excluding carboxylic acids is 1. The molecule has 6 heteroatoms. The summed E-state index contributed by atoms with van der Waals surface area (Å²) < 4.78 is 0. The summed E-state index contributed by atoms with van der Waals surface area (Å²) >= 11 is 1.41. The molecule has 0 saturated carbocycles. The van der Waals surface area contributed by atoms with Gasteiger partial charge in [-0.1, -0.05) is 12.1 Å². The van der Waals surface area contributed by atoms with E-state index in [1.54, 1.807) is 0 Å². The molecule has 2 aromatic rings.